The molecule has 1 unspecified atom stereocenters. The number of ether oxygens (including phenoxy) is 1. The number of hydrogen-bond acceptors (Lipinski definition) is 2. The molecule has 0 bridgehead atoms. The molecule has 1 atom stereocenters. The molecule has 0 aliphatic carbocycles. The molecule has 1 rings (SSSR count). The van der Waals surface area contributed by atoms with Gasteiger partial charge in [0.2, 0.25) is 0 Å². The number of Topliss-reactive ketones (excluding diaryl/α,β-unsaturated/α-hetero) is 1. The minimum Gasteiger partial charge on any atom is -0.364 e. The molecule has 0 amide bonds. The maximum absolute atomic E-state index is 13.5. The van der Waals surface area contributed by atoms with Crippen molar-refractivity contribution in [2.75, 3.05) is 0 Å². The Labute approximate surface area is 106 Å². The van der Waals surface area contributed by atoms with Crippen LogP contribution >= 0.6 is 0 Å². The van der Waals surface area contributed by atoms with Crippen molar-refractivity contribution >= 4 is 5.78 Å². The Kier molecular flexibility index (Phi) is 4.57. The zero-order valence-electron chi connectivity index (χ0n) is 11.1. The highest BCUT2D eigenvalue weighted by Gasteiger charge is 2.26. The zero-order valence-corrected chi connectivity index (χ0v) is 11.1. The van der Waals surface area contributed by atoms with Crippen molar-refractivity contribution in [1.82, 2.24) is 0 Å². The normalized spacial score (nSPS) is 13.4. The van der Waals surface area contributed by atoms with Crippen LogP contribution in [-0.2, 0) is 4.74 Å². The topological polar surface area (TPSA) is 26.3 Å². The van der Waals surface area contributed by atoms with Crippen molar-refractivity contribution in [1.29, 1.82) is 0 Å². The van der Waals surface area contributed by atoms with Gasteiger partial charge in [-0.25, -0.2) is 8.78 Å². The zero-order chi connectivity index (χ0) is 13.9. The first kappa shape index (κ1) is 14.8. The van der Waals surface area contributed by atoms with Gasteiger partial charge in [-0.1, -0.05) is 6.92 Å². The molecule has 0 saturated heterocycles. The number of rotatable bonds is 5. The van der Waals surface area contributed by atoms with E-state index in [1.807, 2.05) is 20.8 Å². The van der Waals surface area contributed by atoms with Gasteiger partial charge in [-0.05, 0) is 39.3 Å². The number of ketones is 1. The van der Waals surface area contributed by atoms with Crippen molar-refractivity contribution in [3.63, 3.8) is 0 Å². The summed E-state index contributed by atoms with van der Waals surface area (Å²) in [5.41, 5.74) is -0.596. The molecule has 0 spiro atoms. The Morgan fingerprint density at radius 2 is 2.00 bits per heavy atom. The first-order valence-corrected chi connectivity index (χ1v) is 5.94. The van der Waals surface area contributed by atoms with Crippen LogP contribution in [0.25, 0.3) is 0 Å². The third-order valence-corrected chi connectivity index (χ3v) is 2.91. The molecule has 0 saturated carbocycles. The summed E-state index contributed by atoms with van der Waals surface area (Å²) in [5, 5.41) is 0. The van der Waals surface area contributed by atoms with E-state index in [0.29, 0.717) is 6.07 Å². The molecule has 0 heterocycles. The highest BCUT2D eigenvalue weighted by atomic mass is 19.1. The molecule has 18 heavy (non-hydrogen) atoms. The second-order valence-corrected chi connectivity index (χ2v) is 4.86. The fraction of sp³-hybridized carbons (Fsp3) is 0.500. The minimum atomic E-state index is -0.857. The van der Waals surface area contributed by atoms with E-state index in [1.165, 1.54) is 0 Å². The largest absolute Gasteiger partial charge is 0.364 e. The molecule has 0 radical (unpaired) electrons. The first-order valence-electron chi connectivity index (χ1n) is 5.94. The van der Waals surface area contributed by atoms with Gasteiger partial charge in [-0.15, -0.1) is 0 Å². The Bertz CT molecular complexity index is 441. The number of halogens is 2. The lowest BCUT2D eigenvalue weighted by molar-refractivity contribution is -0.0519. The summed E-state index contributed by atoms with van der Waals surface area (Å²) in [6.07, 6.45) is -0.0313. The molecule has 0 aliphatic heterocycles. The van der Waals surface area contributed by atoms with Gasteiger partial charge in [0.1, 0.15) is 17.7 Å². The standard InChI is InChI=1S/C14H18F2O2/c1-5-14(3,4)18-9(2)13(17)11-7-6-10(15)8-12(11)16/h6-9H,5H2,1-4H3. The van der Waals surface area contributed by atoms with E-state index in [9.17, 15) is 13.6 Å². The molecule has 100 valence electrons. The van der Waals surface area contributed by atoms with Crippen molar-refractivity contribution in [3.8, 4) is 0 Å². The monoisotopic (exact) mass is 256 g/mol. The fourth-order valence-electron chi connectivity index (χ4n) is 1.52. The van der Waals surface area contributed by atoms with Gasteiger partial charge >= 0.3 is 0 Å². The highest BCUT2D eigenvalue weighted by molar-refractivity contribution is 5.99. The van der Waals surface area contributed by atoms with Crippen LogP contribution in [0.15, 0.2) is 18.2 Å². The lowest BCUT2D eigenvalue weighted by atomic mass is 10.0. The van der Waals surface area contributed by atoms with Gasteiger partial charge in [0.25, 0.3) is 0 Å². The Balaban J connectivity index is 2.87. The van der Waals surface area contributed by atoms with E-state index in [-0.39, 0.29) is 5.56 Å². The Morgan fingerprint density at radius 1 is 1.39 bits per heavy atom. The molecule has 0 aromatic heterocycles. The summed E-state index contributed by atoms with van der Waals surface area (Å²) < 4.78 is 31.8. The van der Waals surface area contributed by atoms with Gasteiger partial charge in [0, 0.05) is 6.07 Å². The smallest absolute Gasteiger partial charge is 0.194 e. The van der Waals surface area contributed by atoms with Crippen molar-refractivity contribution in [2.45, 2.75) is 45.8 Å². The van der Waals surface area contributed by atoms with Gasteiger partial charge < -0.3 is 4.74 Å². The van der Waals surface area contributed by atoms with Crippen molar-refractivity contribution < 1.29 is 18.3 Å². The molecular weight excluding hydrogens is 238 g/mol. The summed E-state index contributed by atoms with van der Waals surface area (Å²) >= 11 is 0. The highest BCUT2D eigenvalue weighted by Crippen LogP contribution is 2.20. The summed E-state index contributed by atoms with van der Waals surface area (Å²) in [6.45, 7) is 7.23. The third kappa shape index (κ3) is 3.60. The van der Waals surface area contributed by atoms with Gasteiger partial charge in [-0.3, -0.25) is 4.79 Å². The number of hydrogen-bond donors (Lipinski definition) is 0. The second-order valence-electron chi connectivity index (χ2n) is 4.86. The quantitative estimate of drug-likeness (QED) is 0.750. The lowest BCUT2D eigenvalue weighted by Crippen LogP contribution is -2.33. The van der Waals surface area contributed by atoms with Crippen LogP contribution in [0.1, 0.15) is 44.5 Å². The summed E-state index contributed by atoms with van der Waals surface area (Å²) in [7, 11) is 0. The third-order valence-electron chi connectivity index (χ3n) is 2.91. The Morgan fingerprint density at radius 3 is 2.50 bits per heavy atom. The maximum Gasteiger partial charge on any atom is 0.194 e. The van der Waals surface area contributed by atoms with Gasteiger partial charge in [0.05, 0.1) is 11.2 Å². The lowest BCUT2D eigenvalue weighted by Gasteiger charge is -2.27. The predicted octanol–water partition coefficient (Wildman–Crippen LogP) is 3.74. The number of carbonyl (C=O) groups is 1. The minimum absolute atomic E-state index is 0.143. The van der Waals surface area contributed by atoms with Crippen molar-refractivity contribution in [2.24, 2.45) is 0 Å². The molecule has 2 nitrogen and oxygen atoms in total. The van der Waals surface area contributed by atoms with E-state index in [0.717, 1.165) is 18.6 Å². The summed E-state index contributed by atoms with van der Waals surface area (Å²) in [6, 6.07) is 2.91. The summed E-state index contributed by atoms with van der Waals surface area (Å²) in [5.74, 6) is -2.04. The second kappa shape index (κ2) is 5.57. The van der Waals surface area contributed by atoms with E-state index >= 15 is 0 Å². The van der Waals surface area contributed by atoms with Crippen LogP contribution in [0.4, 0.5) is 8.78 Å². The fourth-order valence-corrected chi connectivity index (χ4v) is 1.52. The SMILES string of the molecule is CCC(C)(C)OC(C)C(=O)c1ccc(F)cc1F. The van der Waals surface area contributed by atoms with Crippen LogP contribution in [0.5, 0.6) is 0 Å². The molecule has 1 aromatic rings. The first-order chi connectivity index (χ1) is 8.26. The average Bonchev–Trinajstić information content (AvgIpc) is 2.27. The predicted molar refractivity (Wildman–Crippen MR) is 65.6 cm³/mol. The van der Waals surface area contributed by atoms with Crippen LogP contribution in [0.3, 0.4) is 0 Å². The molecule has 1 aromatic carbocycles. The van der Waals surface area contributed by atoms with E-state index < -0.39 is 29.1 Å². The summed E-state index contributed by atoms with van der Waals surface area (Å²) in [4.78, 5) is 12.0. The van der Waals surface area contributed by atoms with E-state index in [2.05, 4.69) is 0 Å². The average molecular weight is 256 g/mol. The molecule has 0 aliphatic rings. The van der Waals surface area contributed by atoms with E-state index in [1.54, 1.807) is 6.92 Å². The van der Waals surface area contributed by atoms with Gasteiger partial charge in [-0.2, -0.15) is 0 Å². The molecule has 0 fully saturated rings. The number of carbonyl (C=O) groups excluding carboxylic acids is 1. The van der Waals surface area contributed by atoms with Crippen LogP contribution < -0.4 is 0 Å². The van der Waals surface area contributed by atoms with Crippen LogP contribution in [0.2, 0.25) is 0 Å². The van der Waals surface area contributed by atoms with Crippen molar-refractivity contribution in [3.05, 3.63) is 35.4 Å². The van der Waals surface area contributed by atoms with Crippen LogP contribution in [-0.4, -0.2) is 17.5 Å². The molecular formula is C14H18F2O2. The molecule has 4 heteroatoms. The maximum atomic E-state index is 13.5. The van der Waals surface area contributed by atoms with Crippen LogP contribution in [0, 0.1) is 11.6 Å². The number of benzene rings is 1. The molecule has 0 N–H and O–H groups in total. The van der Waals surface area contributed by atoms with Gasteiger partial charge in [0.15, 0.2) is 5.78 Å². The Hall–Kier alpha value is -1.29. The van der Waals surface area contributed by atoms with E-state index in [4.69, 9.17) is 4.74 Å².